The molecular formula is C3H10N2O2. The lowest BCUT2D eigenvalue weighted by Gasteiger charge is -1.96. The van der Waals surface area contributed by atoms with E-state index < -0.39 is 0 Å². The van der Waals surface area contributed by atoms with Crippen molar-refractivity contribution in [3.05, 3.63) is 0 Å². The molecule has 0 atom stereocenters. The van der Waals surface area contributed by atoms with E-state index in [1.807, 2.05) is 0 Å². The predicted molar refractivity (Wildman–Crippen MR) is 25.2 cm³/mol. The van der Waals surface area contributed by atoms with Crippen molar-refractivity contribution >= 4 is 0 Å². The van der Waals surface area contributed by atoms with Crippen molar-refractivity contribution in [1.29, 1.82) is 0 Å². The predicted octanol–water partition coefficient (Wildman–Crippen LogP) is -0.972. The molecule has 0 radical (unpaired) electrons. The molecule has 0 spiro atoms. The Morgan fingerprint density at radius 3 is 2.71 bits per heavy atom. The average molecular weight is 106 g/mol. The number of hydroxylamine groups is 1. The molecule has 0 aromatic heterocycles. The summed E-state index contributed by atoms with van der Waals surface area (Å²) in [6.07, 6.45) is 0. The quantitative estimate of drug-likeness (QED) is 0.357. The van der Waals surface area contributed by atoms with Gasteiger partial charge in [0.25, 0.3) is 0 Å². The Bertz CT molecular complexity index is 30.1. The third-order valence-corrected chi connectivity index (χ3v) is 0.448. The first-order valence-corrected chi connectivity index (χ1v) is 2.02. The highest BCUT2D eigenvalue weighted by Gasteiger charge is 1.78. The van der Waals surface area contributed by atoms with E-state index in [2.05, 4.69) is 21.1 Å². The van der Waals surface area contributed by atoms with Gasteiger partial charge < -0.3 is 4.84 Å². The average Bonchev–Trinajstić information content (AvgIpc) is 1.69. The molecule has 0 bridgehead atoms. The maximum Gasteiger partial charge on any atom is 0.0935 e. The molecule has 0 amide bonds. The number of hydrogen-bond acceptors (Lipinski definition) is 4. The molecule has 0 aliphatic rings. The summed E-state index contributed by atoms with van der Waals surface area (Å²) in [6.45, 7) is 0.897. The van der Waals surface area contributed by atoms with Crippen molar-refractivity contribution in [3.63, 3.8) is 0 Å². The highest BCUT2D eigenvalue weighted by atomic mass is 16.7. The van der Waals surface area contributed by atoms with Crippen LogP contribution in [0.5, 0.6) is 0 Å². The van der Waals surface area contributed by atoms with Crippen LogP contribution in [-0.2, 0) is 9.68 Å². The number of nitrogens with one attached hydrogen (secondary N) is 1. The van der Waals surface area contributed by atoms with Gasteiger partial charge in [0, 0.05) is 7.05 Å². The maximum absolute atomic E-state index is 4.66. The monoisotopic (exact) mass is 106 g/mol. The van der Waals surface area contributed by atoms with Crippen molar-refractivity contribution in [2.24, 2.45) is 5.90 Å². The van der Waals surface area contributed by atoms with E-state index in [0.29, 0.717) is 13.2 Å². The normalized spacial score (nSPS) is 9.43. The van der Waals surface area contributed by atoms with Gasteiger partial charge in [0.15, 0.2) is 0 Å². The third kappa shape index (κ3) is 5.84. The van der Waals surface area contributed by atoms with Gasteiger partial charge in [0.05, 0.1) is 13.2 Å². The first kappa shape index (κ1) is 6.84. The van der Waals surface area contributed by atoms with Crippen molar-refractivity contribution in [2.75, 3.05) is 20.3 Å². The molecule has 44 valence electrons. The van der Waals surface area contributed by atoms with E-state index in [1.54, 1.807) is 7.05 Å². The lowest BCUT2D eigenvalue weighted by Crippen LogP contribution is -2.14. The topological polar surface area (TPSA) is 56.5 Å². The number of rotatable bonds is 4. The molecule has 0 aromatic rings. The molecule has 0 saturated carbocycles. The molecule has 4 heteroatoms. The molecule has 0 rings (SSSR count). The highest BCUT2D eigenvalue weighted by Crippen LogP contribution is 1.63. The Labute approximate surface area is 42.5 Å². The molecular weight excluding hydrogens is 96.0 g/mol. The second-order valence-electron chi connectivity index (χ2n) is 0.923. The Morgan fingerprint density at radius 1 is 1.57 bits per heavy atom. The van der Waals surface area contributed by atoms with Crippen LogP contribution in [0, 0.1) is 0 Å². The fraction of sp³-hybridized carbons (Fsp3) is 1.00. The molecule has 0 saturated heterocycles. The van der Waals surface area contributed by atoms with Crippen molar-refractivity contribution in [1.82, 2.24) is 5.48 Å². The molecule has 0 aliphatic carbocycles. The largest absolute Gasteiger partial charge is 0.302 e. The lowest BCUT2D eigenvalue weighted by molar-refractivity contribution is 0.00528. The van der Waals surface area contributed by atoms with E-state index in [0.717, 1.165) is 0 Å². The van der Waals surface area contributed by atoms with Crippen molar-refractivity contribution in [2.45, 2.75) is 0 Å². The van der Waals surface area contributed by atoms with Crippen molar-refractivity contribution in [3.8, 4) is 0 Å². The van der Waals surface area contributed by atoms with Gasteiger partial charge in [-0.05, 0) is 0 Å². The minimum Gasteiger partial charge on any atom is -0.302 e. The van der Waals surface area contributed by atoms with Crippen LogP contribution in [0.2, 0.25) is 0 Å². The SMILES string of the molecule is CNOCCON. The van der Waals surface area contributed by atoms with E-state index >= 15 is 0 Å². The maximum atomic E-state index is 4.66. The van der Waals surface area contributed by atoms with Gasteiger partial charge in [0.2, 0.25) is 0 Å². The highest BCUT2D eigenvalue weighted by molar-refractivity contribution is 4.17. The van der Waals surface area contributed by atoms with E-state index in [1.165, 1.54) is 0 Å². The standard InChI is InChI=1S/C3H10N2O2/c1-5-7-3-2-6-4/h5H,2-4H2,1H3. The van der Waals surface area contributed by atoms with Crippen LogP contribution in [0.15, 0.2) is 0 Å². The molecule has 7 heavy (non-hydrogen) atoms. The first-order valence-electron chi connectivity index (χ1n) is 2.02. The molecule has 3 N–H and O–H groups in total. The van der Waals surface area contributed by atoms with Crippen LogP contribution >= 0.6 is 0 Å². The van der Waals surface area contributed by atoms with Crippen molar-refractivity contribution < 1.29 is 9.68 Å². The van der Waals surface area contributed by atoms with Gasteiger partial charge in [-0.15, -0.1) is 0 Å². The Kier molecular flexibility index (Phi) is 5.71. The second kappa shape index (κ2) is 5.84. The summed E-state index contributed by atoms with van der Waals surface area (Å²) < 4.78 is 0. The second-order valence-corrected chi connectivity index (χ2v) is 0.923. The van der Waals surface area contributed by atoms with E-state index in [4.69, 9.17) is 0 Å². The first-order chi connectivity index (χ1) is 3.41. The molecule has 0 aromatic carbocycles. The zero-order chi connectivity index (χ0) is 5.54. The molecule has 0 heterocycles. The van der Waals surface area contributed by atoms with Crippen LogP contribution in [0.1, 0.15) is 0 Å². The smallest absolute Gasteiger partial charge is 0.0935 e. The fourth-order valence-electron chi connectivity index (χ4n) is 0.192. The lowest BCUT2D eigenvalue weighted by atomic mass is 10.8. The Hall–Kier alpha value is -0.160. The summed E-state index contributed by atoms with van der Waals surface area (Å²) in [6, 6.07) is 0. The minimum atomic E-state index is 0.418. The van der Waals surface area contributed by atoms with Gasteiger partial charge >= 0.3 is 0 Å². The Morgan fingerprint density at radius 2 is 2.29 bits per heavy atom. The number of hydrogen-bond donors (Lipinski definition) is 2. The summed E-state index contributed by atoms with van der Waals surface area (Å²) >= 11 is 0. The summed E-state index contributed by atoms with van der Waals surface area (Å²) in [5.74, 6) is 4.66. The summed E-state index contributed by atoms with van der Waals surface area (Å²) in [4.78, 5) is 8.80. The van der Waals surface area contributed by atoms with Gasteiger partial charge in [-0.25, -0.2) is 11.4 Å². The van der Waals surface area contributed by atoms with Gasteiger partial charge in [0.1, 0.15) is 0 Å². The van der Waals surface area contributed by atoms with Gasteiger partial charge in [-0.1, -0.05) is 0 Å². The van der Waals surface area contributed by atoms with Gasteiger partial charge in [-0.2, -0.15) is 0 Å². The molecule has 0 unspecified atom stereocenters. The minimum absolute atomic E-state index is 0.418. The summed E-state index contributed by atoms with van der Waals surface area (Å²) in [5, 5.41) is 0. The van der Waals surface area contributed by atoms with Crippen LogP contribution in [0.3, 0.4) is 0 Å². The molecule has 0 fully saturated rings. The zero-order valence-electron chi connectivity index (χ0n) is 4.31. The fourth-order valence-corrected chi connectivity index (χ4v) is 0.192. The molecule has 0 aliphatic heterocycles. The Balaban J connectivity index is 2.45. The number of nitrogens with two attached hydrogens (primary N) is 1. The van der Waals surface area contributed by atoms with E-state index in [-0.39, 0.29) is 0 Å². The summed E-state index contributed by atoms with van der Waals surface area (Å²) in [7, 11) is 1.68. The van der Waals surface area contributed by atoms with Crippen LogP contribution in [0.25, 0.3) is 0 Å². The van der Waals surface area contributed by atoms with Crippen LogP contribution < -0.4 is 11.4 Å². The van der Waals surface area contributed by atoms with E-state index in [9.17, 15) is 0 Å². The molecule has 4 nitrogen and oxygen atoms in total. The van der Waals surface area contributed by atoms with Crippen LogP contribution in [0.4, 0.5) is 0 Å². The third-order valence-electron chi connectivity index (χ3n) is 0.448. The van der Waals surface area contributed by atoms with Crippen LogP contribution in [-0.4, -0.2) is 20.3 Å². The van der Waals surface area contributed by atoms with Gasteiger partial charge in [-0.3, -0.25) is 4.84 Å². The summed E-state index contributed by atoms with van der Waals surface area (Å²) in [5.41, 5.74) is 2.47. The zero-order valence-corrected chi connectivity index (χ0v) is 4.31.